The Kier molecular flexibility index (Phi) is 13.8. The number of nitrogens with zero attached hydrogens (tertiary/aromatic N) is 6. The summed E-state index contributed by atoms with van der Waals surface area (Å²) in [6.45, 7) is 22.2. The quantitative estimate of drug-likeness (QED) is 0.112. The number of rotatable bonds is 12. The summed E-state index contributed by atoms with van der Waals surface area (Å²) in [5.74, 6) is 3.07. The number of ether oxygens (including phenoxy) is 1. The molecule has 0 radical (unpaired) electrons. The maximum atomic E-state index is 7.12. The molecule has 0 saturated carbocycles. The molecule has 416 valence electrons. The molecular weight excluding hydrogens is 1220 g/mol. The number of imidazole rings is 2. The van der Waals surface area contributed by atoms with Gasteiger partial charge in [-0.1, -0.05) is 164 Å². The molecule has 6 aromatic heterocycles. The van der Waals surface area contributed by atoms with Gasteiger partial charge in [0.2, 0.25) is 5.71 Å². The molecule has 6 heterocycles. The number of fused-ring (bicyclic) bond motifs is 8. The molecule has 9 nitrogen and oxygen atoms in total. The molecule has 10 heteroatoms. The molecule has 0 amide bonds. The van der Waals surface area contributed by atoms with Crippen molar-refractivity contribution in [2.75, 3.05) is 0 Å². The van der Waals surface area contributed by atoms with Gasteiger partial charge in [0.1, 0.15) is 16.7 Å². The Morgan fingerprint density at radius 2 is 0.976 bits per heavy atom. The van der Waals surface area contributed by atoms with Gasteiger partial charge in [-0.25, -0.2) is 4.98 Å². The third-order valence-electron chi connectivity index (χ3n) is 16.2. The summed E-state index contributed by atoms with van der Waals surface area (Å²) in [4.78, 5) is 21.0. The van der Waals surface area contributed by atoms with Crippen LogP contribution in [0.4, 0.5) is 0 Å². The summed E-state index contributed by atoms with van der Waals surface area (Å²) in [6.07, 6.45) is 0. The van der Waals surface area contributed by atoms with Crippen molar-refractivity contribution in [3.63, 3.8) is 0 Å². The average molecular weight is 1280 g/mol. The average Bonchev–Trinajstić information content (AvgIpc) is 2.39. The van der Waals surface area contributed by atoms with E-state index in [2.05, 4.69) is 210 Å². The van der Waals surface area contributed by atoms with Crippen molar-refractivity contribution >= 4 is 66.2 Å². The zero-order valence-corrected chi connectivity index (χ0v) is 51.0. The summed E-state index contributed by atoms with van der Waals surface area (Å²) < 4.78 is 25.4. The van der Waals surface area contributed by atoms with Crippen LogP contribution in [0, 0.1) is 26.0 Å². The van der Waals surface area contributed by atoms with Gasteiger partial charge in [0.25, 0.3) is 0 Å². The van der Waals surface area contributed by atoms with Crippen LogP contribution in [-0.4, -0.2) is 29.1 Å². The summed E-state index contributed by atoms with van der Waals surface area (Å²) in [7, 11) is 0. The molecule has 0 fully saturated rings. The molecule has 84 heavy (non-hydrogen) atoms. The van der Waals surface area contributed by atoms with E-state index in [4.69, 9.17) is 33.5 Å². The third-order valence-corrected chi connectivity index (χ3v) is 16.2. The molecule has 0 bridgehead atoms. The molecule has 0 saturated heterocycles. The molecule has 0 atom stereocenters. The molecule has 0 aliphatic carbocycles. The van der Waals surface area contributed by atoms with Crippen LogP contribution in [0.5, 0.6) is 11.5 Å². The normalized spacial score (nSPS) is 12.0. The first-order valence-corrected chi connectivity index (χ1v) is 28.9. The molecule has 14 rings (SSSR count). The first-order chi connectivity index (χ1) is 40.3. The van der Waals surface area contributed by atoms with Gasteiger partial charge in [0.05, 0.1) is 50.1 Å². The smallest absolute Gasteiger partial charge is 0.499 e. The standard InChI is InChI=1S/C74H62N6O3.Pt/c1-41(2)54-34-50(47-22-13-11-14-23-47)35-55(42(3)4)69(54)79-63-30-19-17-28-61(63)76-72(79)49-26-21-27-52(33-49)81-53-38-59-68-66(40-58-67-46(10)75-45(9)32-65(67)83-74(58)78-68)82-71(59)60(39-53)73-77-62-29-18-20-31-64(62)80(73)70-56(43(5)6)36-51(37-57(70)44(7)8)48-24-15-12-16-25-48;/h11-32,34-38,40-44H,1-10H3;/q-2;+2. The van der Waals surface area contributed by atoms with Gasteiger partial charge in [-0.15, -0.1) is 23.8 Å². The van der Waals surface area contributed by atoms with E-state index in [-0.39, 0.29) is 44.7 Å². The zero-order chi connectivity index (χ0) is 56.9. The van der Waals surface area contributed by atoms with Crippen LogP contribution in [-0.2, 0) is 21.1 Å². The van der Waals surface area contributed by atoms with Gasteiger partial charge in [-0.3, -0.25) is 15.0 Å². The summed E-state index contributed by atoms with van der Waals surface area (Å²) >= 11 is 0. The fourth-order valence-electron chi connectivity index (χ4n) is 12.3. The van der Waals surface area contributed by atoms with Crippen LogP contribution >= 0.6 is 0 Å². The summed E-state index contributed by atoms with van der Waals surface area (Å²) in [5, 5.41) is 2.47. The van der Waals surface area contributed by atoms with Crippen molar-refractivity contribution < 1.29 is 34.6 Å². The Morgan fingerprint density at radius 3 is 1.54 bits per heavy atom. The van der Waals surface area contributed by atoms with E-state index in [1.54, 1.807) is 0 Å². The Labute approximate surface area is 503 Å². The van der Waals surface area contributed by atoms with E-state index in [1.807, 2.05) is 50.2 Å². The minimum Gasteiger partial charge on any atom is -0.499 e. The zero-order valence-electron chi connectivity index (χ0n) is 48.7. The molecule has 0 spiro atoms. The number of furan rings is 2. The van der Waals surface area contributed by atoms with Gasteiger partial charge in [0, 0.05) is 40.3 Å². The van der Waals surface area contributed by atoms with Gasteiger partial charge in [0.15, 0.2) is 0 Å². The molecule has 0 N–H and O–H groups in total. The third kappa shape index (κ3) is 9.21. The Balaban J connectivity index is 0.00000658. The van der Waals surface area contributed by atoms with Crippen molar-refractivity contribution in [3.05, 3.63) is 216 Å². The minimum atomic E-state index is 0. The van der Waals surface area contributed by atoms with Gasteiger partial charge < -0.3 is 22.7 Å². The predicted octanol–water partition coefficient (Wildman–Crippen LogP) is 20.1. The van der Waals surface area contributed by atoms with E-state index in [0.717, 1.165) is 78.0 Å². The maximum absolute atomic E-state index is 7.12. The summed E-state index contributed by atoms with van der Waals surface area (Å²) in [5.41, 5.74) is 21.7. The van der Waals surface area contributed by atoms with Crippen molar-refractivity contribution in [1.82, 2.24) is 29.1 Å². The monoisotopic (exact) mass is 1280 g/mol. The van der Waals surface area contributed by atoms with Crippen LogP contribution in [0.3, 0.4) is 0 Å². The second-order valence-corrected chi connectivity index (χ2v) is 23.3. The van der Waals surface area contributed by atoms with Gasteiger partial charge >= 0.3 is 21.1 Å². The number of pyridine rings is 2. The van der Waals surface area contributed by atoms with Crippen LogP contribution in [0.25, 0.3) is 123 Å². The van der Waals surface area contributed by atoms with E-state index in [9.17, 15) is 0 Å². The molecular formula is C74H62N6O3Pt. The number of hydrogen-bond acceptors (Lipinski definition) is 7. The van der Waals surface area contributed by atoms with E-state index < -0.39 is 0 Å². The number of para-hydroxylation sites is 4. The largest absolute Gasteiger partial charge is 2.00 e. The van der Waals surface area contributed by atoms with Crippen molar-refractivity contribution in [1.29, 1.82) is 0 Å². The SMILES string of the molecule is Cc1cc2oc3nc4c(cc3c2c(C)n1)oc1c(-c2nc3ccccc3n2-c2c(C(C)C)cc(-c3ccccc3)cc2C(C)C)[c-]c(Oc2[c-]c(-c3nc5ccccc5n3-c3c(C(C)C)cc(-c5ccccc5)cc3C(C)C)ccc2)cc14.[Pt+2]. The number of benzene rings is 8. The van der Waals surface area contributed by atoms with Crippen molar-refractivity contribution in [3.8, 4) is 67.9 Å². The number of aryl methyl sites for hydroxylation is 2. The Hall–Kier alpha value is -8.91. The van der Waals surface area contributed by atoms with Crippen LogP contribution in [0.1, 0.15) is 113 Å². The fourth-order valence-corrected chi connectivity index (χ4v) is 12.3. The van der Waals surface area contributed by atoms with Gasteiger partial charge in [-0.2, -0.15) is 0 Å². The first-order valence-electron chi connectivity index (χ1n) is 28.9. The number of aromatic nitrogens is 6. The topological polar surface area (TPSA) is 96.9 Å². The maximum Gasteiger partial charge on any atom is 2.00 e. The molecule has 0 aliphatic heterocycles. The van der Waals surface area contributed by atoms with E-state index in [0.29, 0.717) is 45.3 Å². The first kappa shape index (κ1) is 54.3. The van der Waals surface area contributed by atoms with Crippen molar-refractivity contribution in [2.24, 2.45) is 0 Å². The van der Waals surface area contributed by atoms with Gasteiger partial charge in [-0.05, 0) is 142 Å². The van der Waals surface area contributed by atoms with Crippen LogP contribution in [0.2, 0.25) is 0 Å². The van der Waals surface area contributed by atoms with E-state index >= 15 is 0 Å². The van der Waals surface area contributed by atoms with Crippen LogP contribution in [0.15, 0.2) is 179 Å². The molecule has 0 aliphatic rings. The van der Waals surface area contributed by atoms with Crippen molar-refractivity contribution in [2.45, 2.75) is 92.9 Å². The van der Waals surface area contributed by atoms with Crippen LogP contribution < -0.4 is 4.74 Å². The molecule has 8 aromatic carbocycles. The molecule has 14 aromatic rings. The molecule has 0 unspecified atom stereocenters. The Bertz CT molecular complexity index is 4810. The number of hydrogen-bond donors (Lipinski definition) is 0. The predicted molar refractivity (Wildman–Crippen MR) is 338 cm³/mol. The second-order valence-electron chi connectivity index (χ2n) is 23.3. The second kappa shape index (κ2) is 21.4. The fraction of sp³-hybridized carbons (Fsp3) is 0.189. The van der Waals surface area contributed by atoms with E-state index in [1.165, 1.54) is 44.5 Å². The summed E-state index contributed by atoms with van der Waals surface area (Å²) in [6, 6.07) is 67.0. The Morgan fingerprint density at radius 1 is 0.452 bits per heavy atom. The minimum absolute atomic E-state index is 0.